The molecule has 1 saturated heterocycles. The van der Waals surface area contributed by atoms with E-state index in [1.807, 2.05) is 6.92 Å². The fourth-order valence-corrected chi connectivity index (χ4v) is 2.98. The third kappa shape index (κ3) is 3.69. The molecule has 2 rings (SSSR count). The molecule has 0 aromatic rings. The Morgan fingerprint density at radius 1 is 1.26 bits per heavy atom. The fraction of sp³-hybridized carbons (Fsp3) is 0.933. The molecule has 0 aromatic carbocycles. The molecule has 0 bridgehead atoms. The largest absolute Gasteiger partial charge is 0.480 e. The van der Waals surface area contributed by atoms with Crippen LogP contribution in [-0.4, -0.2) is 47.2 Å². The van der Waals surface area contributed by atoms with Crippen molar-refractivity contribution in [2.75, 3.05) is 19.6 Å². The summed E-state index contributed by atoms with van der Waals surface area (Å²) in [5.41, 5.74) is -0.480. The van der Waals surface area contributed by atoms with Gasteiger partial charge in [0.2, 0.25) is 0 Å². The zero-order valence-corrected chi connectivity index (χ0v) is 12.7. The van der Waals surface area contributed by atoms with Gasteiger partial charge in [0.15, 0.2) is 0 Å². The third-order valence-corrected chi connectivity index (χ3v) is 4.61. The molecule has 4 heteroatoms. The van der Waals surface area contributed by atoms with Crippen LogP contribution in [-0.2, 0) is 4.79 Å². The molecule has 0 spiro atoms. The molecule has 0 amide bonds. The number of hydrogen-bond acceptors (Lipinski definition) is 3. The van der Waals surface area contributed by atoms with Gasteiger partial charge in [-0.05, 0) is 44.1 Å². The number of nitrogens with one attached hydrogen (secondary N) is 1. The monoisotopic (exact) mass is 268 g/mol. The highest BCUT2D eigenvalue weighted by Crippen LogP contribution is 2.34. The Bertz CT molecular complexity index is 347. The first-order valence-corrected chi connectivity index (χ1v) is 7.44. The summed E-state index contributed by atoms with van der Waals surface area (Å²) in [6.45, 7) is 11.3. The molecule has 19 heavy (non-hydrogen) atoms. The van der Waals surface area contributed by atoms with Crippen LogP contribution in [0.4, 0.5) is 0 Å². The molecule has 2 N–H and O–H groups in total. The Morgan fingerprint density at radius 2 is 1.89 bits per heavy atom. The minimum atomic E-state index is -0.798. The lowest BCUT2D eigenvalue weighted by Gasteiger charge is -2.32. The summed E-state index contributed by atoms with van der Waals surface area (Å²) in [5.74, 6) is -0.0509. The van der Waals surface area contributed by atoms with Crippen LogP contribution >= 0.6 is 0 Å². The lowest BCUT2D eigenvalue weighted by atomic mass is 9.80. The average molecular weight is 268 g/mol. The third-order valence-electron chi connectivity index (χ3n) is 4.61. The highest BCUT2D eigenvalue weighted by atomic mass is 16.4. The van der Waals surface area contributed by atoms with Crippen LogP contribution in [0.25, 0.3) is 0 Å². The predicted octanol–water partition coefficient (Wildman–Crippen LogP) is 1.95. The number of aliphatic carboxylic acids is 1. The summed E-state index contributed by atoms with van der Waals surface area (Å²) in [6, 6.07) is 0.419. The van der Waals surface area contributed by atoms with Crippen molar-refractivity contribution in [1.82, 2.24) is 10.2 Å². The fourth-order valence-electron chi connectivity index (χ4n) is 2.98. The summed E-state index contributed by atoms with van der Waals surface area (Å²) in [7, 11) is 0. The molecule has 2 fully saturated rings. The molecule has 1 saturated carbocycles. The van der Waals surface area contributed by atoms with E-state index in [1.54, 1.807) is 0 Å². The summed E-state index contributed by atoms with van der Waals surface area (Å²) in [4.78, 5) is 13.9. The number of hydrogen-bond donors (Lipinski definition) is 2. The average Bonchev–Trinajstić information content (AvgIpc) is 2.92. The Kier molecular flexibility index (Phi) is 3.94. The molecular formula is C15H28N2O2. The van der Waals surface area contributed by atoms with Crippen LogP contribution in [0.5, 0.6) is 0 Å². The van der Waals surface area contributed by atoms with Gasteiger partial charge in [0.05, 0.1) is 0 Å². The molecule has 1 aliphatic carbocycles. The van der Waals surface area contributed by atoms with Gasteiger partial charge in [0.1, 0.15) is 5.54 Å². The first-order valence-electron chi connectivity index (χ1n) is 7.44. The molecule has 110 valence electrons. The molecule has 2 unspecified atom stereocenters. The molecule has 1 heterocycles. The van der Waals surface area contributed by atoms with E-state index in [4.69, 9.17) is 0 Å². The van der Waals surface area contributed by atoms with Crippen molar-refractivity contribution in [3.8, 4) is 0 Å². The van der Waals surface area contributed by atoms with Crippen molar-refractivity contribution in [2.24, 2.45) is 11.3 Å². The Morgan fingerprint density at radius 3 is 2.32 bits per heavy atom. The summed E-state index contributed by atoms with van der Waals surface area (Å²) < 4.78 is 0. The van der Waals surface area contributed by atoms with Crippen LogP contribution in [0.15, 0.2) is 0 Å². The lowest BCUT2D eigenvalue weighted by molar-refractivity contribution is -0.145. The van der Waals surface area contributed by atoms with Crippen molar-refractivity contribution in [3.05, 3.63) is 0 Å². The van der Waals surface area contributed by atoms with Crippen LogP contribution in [0.3, 0.4) is 0 Å². The normalized spacial score (nSPS) is 28.3. The van der Waals surface area contributed by atoms with Crippen LogP contribution < -0.4 is 5.32 Å². The maximum atomic E-state index is 11.6. The Hall–Kier alpha value is -0.610. The maximum absolute atomic E-state index is 11.6. The highest BCUT2D eigenvalue weighted by Gasteiger charge is 2.42. The van der Waals surface area contributed by atoms with Gasteiger partial charge < -0.3 is 10.0 Å². The number of nitrogens with zero attached hydrogens (tertiary/aromatic N) is 1. The quantitative estimate of drug-likeness (QED) is 0.800. The number of carboxylic acid groups (broad SMARTS) is 1. The van der Waals surface area contributed by atoms with Gasteiger partial charge in [-0.25, -0.2) is 0 Å². The van der Waals surface area contributed by atoms with Crippen molar-refractivity contribution in [1.29, 1.82) is 0 Å². The minimum absolute atomic E-state index is 0.318. The van der Waals surface area contributed by atoms with Crippen molar-refractivity contribution < 1.29 is 9.90 Å². The van der Waals surface area contributed by atoms with Gasteiger partial charge in [-0.2, -0.15) is 0 Å². The van der Waals surface area contributed by atoms with Gasteiger partial charge in [-0.15, -0.1) is 0 Å². The van der Waals surface area contributed by atoms with Gasteiger partial charge in [0, 0.05) is 19.1 Å². The smallest absolute Gasteiger partial charge is 0.324 e. The topological polar surface area (TPSA) is 52.6 Å². The molecule has 4 nitrogen and oxygen atoms in total. The van der Waals surface area contributed by atoms with Crippen molar-refractivity contribution >= 4 is 5.97 Å². The van der Waals surface area contributed by atoms with E-state index in [0.717, 1.165) is 25.9 Å². The standard InChI is InChI=1S/C15H28N2O2/c1-14(2,3)11-7-8-17(9-11)10-15(4,13(18)19)16-12-5-6-12/h11-12,16H,5-10H2,1-4H3,(H,18,19). The van der Waals surface area contributed by atoms with E-state index in [0.29, 0.717) is 23.9 Å². The van der Waals surface area contributed by atoms with E-state index < -0.39 is 11.5 Å². The van der Waals surface area contributed by atoms with Crippen molar-refractivity contribution in [2.45, 2.75) is 58.5 Å². The number of carboxylic acids is 1. The van der Waals surface area contributed by atoms with Crippen LogP contribution in [0, 0.1) is 11.3 Å². The molecule has 2 aliphatic rings. The number of likely N-dealkylation sites (tertiary alicyclic amines) is 1. The highest BCUT2D eigenvalue weighted by molar-refractivity contribution is 5.78. The zero-order valence-electron chi connectivity index (χ0n) is 12.7. The predicted molar refractivity (Wildman–Crippen MR) is 76.2 cm³/mol. The minimum Gasteiger partial charge on any atom is -0.480 e. The Balaban J connectivity index is 1.93. The van der Waals surface area contributed by atoms with Gasteiger partial charge in [-0.3, -0.25) is 10.1 Å². The van der Waals surface area contributed by atoms with Crippen LogP contribution in [0.2, 0.25) is 0 Å². The molecule has 0 aromatic heterocycles. The second-order valence-electron chi connectivity index (χ2n) is 7.64. The lowest BCUT2D eigenvalue weighted by Crippen LogP contribution is -2.57. The summed E-state index contributed by atoms with van der Waals surface area (Å²) >= 11 is 0. The Labute approximate surface area is 116 Å². The van der Waals surface area contributed by atoms with Gasteiger partial charge >= 0.3 is 5.97 Å². The number of rotatable bonds is 5. The van der Waals surface area contributed by atoms with E-state index in [9.17, 15) is 9.90 Å². The maximum Gasteiger partial charge on any atom is 0.324 e. The molecule has 1 aliphatic heterocycles. The number of carbonyl (C=O) groups is 1. The summed E-state index contributed by atoms with van der Waals surface area (Å²) in [6.07, 6.45) is 3.42. The van der Waals surface area contributed by atoms with E-state index in [1.165, 1.54) is 6.42 Å². The van der Waals surface area contributed by atoms with Crippen molar-refractivity contribution in [3.63, 3.8) is 0 Å². The van der Waals surface area contributed by atoms with E-state index in [2.05, 4.69) is 31.0 Å². The zero-order chi connectivity index (χ0) is 14.3. The van der Waals surface area contributed by atoms with Gasteiger partial charge in [-0.1, -0.05) is 20.8 Å². The SMILES string of the molecule is CC(CN1CCC(C(C)(C)C)C1)(NC1CC1)C(=O)O. The van der Waals surface area contributed by atoms with Gasteiger partial charge in [0.25, 0.3) is 0 Å². The second kappa shape index (κ2) is 5.06. The van der Waals surface area contributed by atoms with E-state index >= 15 is 0 Å². The molecular weight excluding hydrogens is 240 g/mol. The second-order valence-corrected chi connectivity index (χ2v) is 7.64. The summed E-state index contributed by atoms with van der Waals surface area (Å²) in [5, 5.41) is 12.8. The van der Waals surface area contributed by atoms with Crippen LogP contribution in [0.1, 0.15) is 47.0 Å². The van der Waals surface area contributed by atoms with E-state index in [-0.39, 0.29) is 0 Å². The molecule has 0 radical (unpaired) electrons. The first-order chi connectivity index (χ1) is 8.71. The first kappa shape index (κ1) is 14.8. The molecule has 2 atom stereocenters.